The van der Waals surface area contributed by atoms with Crippen LogP contribution in [0.2, 0.25) is 0 Å². The van der Waals surface area contributed by atoms with Gasteiger partial charge < -0.3 is 4.74 Å². The zero-order valence-corrected chi connectivity index (χ0v) is 14.4. The zero-order valence-electron chi connectivity index (χ0n) is 13.6. The maximum Gasteiger partial charge on any atom is 0.417 e. The van der Waals surface area contributed by atoms with E-state index in [0.717, 1.165) is 18.2 Å². The van der Waals surface area contributed by atoms with Crippen molar-refractivity contribution in [3.05, 3.63) is 52.8 Å². The first-order chi connectivity index (χ1) is 13.7. The summed E-state index contributed by atoms with van der Waals surface area (Å²) in [5, 5.41) is 5.58. The molecule has 13 heteroatoms. The molecule has 0 aliphatic carbocycles. The Balaban J connectivity index is 2.18. The van der Waals surface area contributed by atoms with Crippen molar-refractivity contribution in [1.82, 2.24) is 0 Å². The van der Waals surface area contributed by atoms with Gasteiger partial charge in [0.05, 0.1) is 17.2 Å². The van der Waals surface area contributed by atoms with Gasteiger partial charge in [0.25, 0.3) is 0 Å². The highest BCUT2D eigenvalue weighted by Gasteiger charge is 2.59. The van der Waals surface area contributed by atoms with Crippen molar-refractivity contribution in [3.8, 4) is 17.6 Å². The smallest absolute Gasteiger partial charge is 0.417 e. The number of hydrogen-bond acceptors (Lipinski definition) is 6. The molecule has 5 nitrogen and oxygen atoms in total. The zero-order chi connectivity index (χ0) is 21.4. The summed E-state index contributed by atoms with van der Waals surface area (Å²) < 4.78 is 97.8. The Morgan fingerprint density at radius 3 is 2.31 bits per heavy atom. The molecule has 2 aromatic rings. The average molecular weight is 441 g/mol. The summed E-state index contributed by atoms with van der Waals surface area (Å²) in [6.45, 7) is 0. The summed E-state index contributed by atoms with van der Waals surface area (Å²) in [6, 6.07) is 5.50. The Kier molecular flexibility index (Phi) is 5.63. The first kappa shape index (κ1) is 21.2. The van der Waals surface area contributed by atoms with Gasteiger partial charge >= 0.3 is 11.3 Å². The minimum Gasteiger partial charge on any atom is -0.457 e. The van der Waals surface area contributed by atoms with E-state index in [1.54, 1.807) is 6.07 Å². The topological polar surface area (TPSA) is 60.7 Å². The first-order valence-corrected chi connectivity index (χ1v) is 8.19. The van der Waals surface area contributed by atoms with Crippen LogP contribution < -0.4 is 4.74 Å². The molecule has 0 fully saturated rings. The molecule has 1 unspecified atom stereocenters. The summed E-state index contributed by atoms with van der Waals surface area (Å²) in [5.41, 5.74) is -2.39. The number of nitrogens with zero attached hydrogens (tertiary/aromatic N) is 1. The highest BCUT2D eigenvalue weighted by molar-refractivity contribution is 8.00. The normalized spacial score (nSPS) is 17.7. The first-order valence-electron chi connectivity index (χ1n) is 7.37. The van der Waals surface area contributed by atoms with Gasteiger partial charge in [-0.05, 0) is 37.8 Å². The fourth-order valence-electron chi connectivity index (χ4n) is 2.66. The summed E-state index contributed by atoms with van der Waals surface area (Å²) in [6.07, 6.45) is -7.50. The van der Waals surface area contributed by atoms with Gasteiger partial charge in [0.15, 0.2) is 6.10 Å². The number of thioether (sulfide) groups is 1. The Morgan fingerprint density at radius 1 is 1.07 bits per heavy atom. The van der Waals surface area contributed by atoms with Crippen LogP contribution >= 0.6 is 11.8 Å². The van der Waals surface area contributed by atoms with Crippen LogP contribution in [0.15, 0.2) is 35.2 Å². The van der Waals surface area contributed by atoms with E-state index < -0.39 is 45.0 Å². The number of alkyl halides is 3. The van der Waals surface area contributed by atoms with Crippen molar-refractivity contribution < 1.29 is 50.7 Å². The van der Waals surface area contributed by atoms with Gasteiger partial charge in [0.2, 0.25) is 0 Å². The molecular weight excluding hydrogens is 435 g/mol. The summed E-state index contributed by atoms with van der Waals surface area (Å²) in [4.78, 5) is 9.00. The Labute approximate surface area is 161 Å². The van der Waals surface area contributed by atoms with Crippen molar-refractivity contribution in [3.63, 3.8) is 0 Å². The van der Waals surface area contributed by atoms with Crippen molar-refractivity contribution in [2.45, 2.75) is 22.3 Å². The molecule has 1 aliphatic heterocycles. The van der Waals surface area contributed by atoms with Gasteiger partial charge in [-0.25, -0.2) is 4.39 Å². The number of benzene rings is 2. The highest BCUT2D eigenvalue weighted by Crippen LogP contribution is 2.61. The molecule has 1 atom stereocenters. The fourth-order valence-corrected chi connectivity index (χ4v) is 3.88. The van der Waals surface area contributed by atoms with Gasteiger partial charge in [0.1, 0.15) is 17.3 Å². The van der Waals surface area contributed by atoms with Crippen molar-refractivity contribution >= 4 is 11.8 Å². The summed E-state index contributed by atoms with van der Waals surface area (Å²) in [5.74, 6) is -1.84. The monoisotopic (exact) mass is 441 g/mol. The van der Waals surface area contributed by atoms with Gasteiger partial charge in [-0.15, -0.1) is 9.88 Å². The maximum absolute atomic E-state index is 13.6. The third-order valence-corrected chi connectivity index (χ3v) is 5.09. The predicted octanol–water partition coefficient (Wildman–Crippen LogP) is 6.01. The SMILES string of the molecule is N#Cc1cc(F)cc(Oc2ccc(C(F)(F)F)c3c2C(OF)C(OF)(OF)S3)c1. The number of fused-ring (bicyclic) bond motifs is 1. The van der Waals surface area contributed by atoms with Crippen molar-refractivity contribution in [2.24, 2.45) is 0 Å². The van der Waals surface area contributed by atoms with Crippen molar-refractivity contribution in [2.75, 3.05) is 0 Å². The van der Waals surface area contributed by atoms with Crippen molar-refractivity contribution in [1.29, 1.82) is 5.26 Å². The van der Waals surface area contributed by atoms with Crippen LogP contribution in [-0.4, -0.2) is 5.12 Å². The largest absolute Gasteiger partial charge is 0.457 e. The molecule has 29 heavy (non-hydrogen) atoms. The lowest BCUT2D eigenvalue weighted by atomic mass is 10.0. The number of hydrogen-bond donors (Lipinski definition) is 0. The highest BCUT2D eigenvalue weighted by atomic mass is 32.2. The molecule has 2 aromatic carbocycles. The van der Waals surface area contributed by atoms with E-state index in [9.17, 15) is 31.1 Å². The minimum absolute atomic E-state index is 0.190. The second kappa shape index (κ2) is 7.71. The van der Waals surface area contributed by atoms with Gasteiger partial charge in [-0.1, -0.05) is 11.8 Å². The van der Waals surface area contributed by atoms with Gasteiger partial charge in [-0.3, -0.25) is 0 Å². The molecule has 0 amide bonds. The Hall–Kier alpha value is -2.53. The van der Waals surface area contributed by atoms with E-state index >= 15 is 0 Å². The summed E-state index contributed by atoms with van der Waals surface area (Å²) >= 11 is -0.281. The second-order valence-corrected chi connectivity index (χ2v) is 6.75. The van der Waals surface area contributed by atoms with Gasteiger partial charge in [-0.2, -0.15) is 23.4 Å². The molecule has 0 radical (unpaired) electrons. The molecule has 0 saturated heterocycles. The molecule has 0 aromatic heterocycles. The van der Waals surface area contributed by atoms with Crippen LogP contribution in [0.3, 0.4) is 0 Å². The Bertz CT molecular complexity index is 975. The molecule has 0 saturated carbocycles. The third-order valence-electron chi connectivity index (χ3n) is 3.82. The van der Waals surface area contributed by atoms with Crippen LogP contribution in [0.25, 0.3) is 0 Å². The second-order valence-electron chi connectivity index (χ2n) is 5.57. The lowest BCUT2D eigenvalue weighted by molar-refractivity contribution is -0.414. The molecule has 3 rings (SSSR count). The van der Waals surface area contributed by atoms with Crippen LogP contribution in [0.1, 0.15) is 22.8 Å². The van der Waals surface area contributed by atoms with E-state index in [0.29, 0.717) is 12.1 Å². The predicted molar refractivity (Wildman–Crippen MR) is 80.5 cm³/mol. The van der Waals surface area contributed by atoms with Gasteiger partial charge in [0, 0.05) is 16.5 Å². The van der Waals surface area contributed by atoms with E-state index in [-0.39, 0.29) is 23.1 Å². The number of halogens is 7. The van der Waals surface area contributed by atoms with E-state index in [2.05, 4.69) is 14.8 Å². The fraction of sp³-hybridized carbons (Fsp3) is 0.188. The molecule has 0 N–H and O–H groups in total. The van der Waals surface area contributed by atoms with Crippen LogP contribution in [0.4, 0.5) is 31.1 Å². The number of nitriles is 1. The molecule has 0 bridgehead atoms. The molecule has 154 valence electrons. The summed E-state index contributed by atoms with van der Waals surface area (Å²) in [7, 11) is 0. The molecule has 1 aliphatic rings. The maximum atomic E-state index is 13.6. The Morgan fingerprint density at radius 2 is 1.76 bits per heavy atom. The molecular formula is C16H6F7NO4S. The minimum atomic E-state index is -5.01. The lowest BCUT2D eigenvalue weighted by Crippen LogP contribution is -2.31. The van der Waals surface area contributed by atoms with E-state index in [1.165, 1.54) is 0 Å². The standard InChI is InChI=1S/C16H6F7NO4S/c17-8-3-7(6-24)4-9(5-8)25-11-2-1-10(15(18,19)20)13-12(11)14(26-21)16(27-22,28-23)29-13/h1-5,14H. The average Bonchev–Trinajstić information content (AvgIpc) is 3.01. The van der Waals surface area contributed by atoms with Crippen LogP contribution in [-0.2, 0) is 21.0 Å². The molecule has 1 heterocycles. The number of rotatable bonds is 5. The van der Waals surface area contributed by atoms with E-state index in [1.807, 2.05) is 0 Å². The molecule has 0 spiro atoms. The van der Waals surface area contributed by atoms with Crippen LogP contribution in [0, 0.1) is 17.1 Å². The quantitative estimate of drug-likeness (QED) is 0.418. The third kappa shape index (κ3) is 3.71. The lowest BCUT2D eigenvalue weighted by Gasteiger charge is -2.22. The van der Waals surface area contributed by atoms with Crippen LogP contribution in [0.5, 0.6) is 11.5 Å². The van der Waals surface area contributed by atoms with E-state index in [4.69, 9.17) is 10.00 Å². The number of ether oxygens (including phenoxy) is 1.